The molecule has 1 atom stereocenters. The van der Waals surface area contributed by atoms with E-state index in [0.29, 0.717) is 6.54 Å². The van der Waals surface area contributed by atoms with Gasteiger partial charge in [-0.15, -0.1) is 0 Å². The molecular formula is C24H24F3N3O2. The lowest BCUT2D eigenvalue weighted by atomic mass is 10.1. The number of carbonyl (C=O) groups excluding carboxylic acids is 1. The number of anilines is 1. The molecule has 0 aliphatic carbocycles. The van der Waals surface area contributed by atoms with Gasteiger partial charge in [0.05, 0.1) is 17.9 Å². The molecule has 1 aromatic heterocycles. The monoisotopic (exact) mass is 443 g/mol. The van der Waals surface area contributed by atoms with Crippen molar-refractivity contribution in [2.45, 2.75) is 12.2 Å². The van der Waals surface area contributed by atoms with Crippen LogP contribution < -0.4 is 10.2 Å². The van der Waals surface area contributed by atoms with Gasteiger partial charge in [0, 0.05) is 44.0 Å². The van der Waals surface area contributed by atoms with Crippen LogP contribution in [0.5, 0.6) is 0 Å². The van der Waals surface area contributed by atoms with Crippen LogP contribution in [0.2, 0.25) is 0 Å². The molecule has 3 aromatic rings. The number of benzene rings is 2. The van der Waals surface area contributed by atoms with Crippen LogP contribution in [0.3, 0.4) is 0 Å². The number of para-hydroxylation sites is 1. The van der Waals surface area contributed by atoms with E-state index in [-0.39, 0.29) is 11.6 Å². The molecule has 0 radical (unpaired) electrons. The van der Waals surface area contributed by atoms with Gasteiger partial charge in [-0.05, 0) is 48.5 Å². The molecule has 5 nitrogen and oxygen atoms in total. The van der Waals surface area contributed by atoms with E-state index in [2.05, 4.69) is 27.2 Å². The Morgan fingerprint density at radius 2 is 1.62 bits per heavy atom. The van der Waals surface area contributed by atoms with Crippen LogP contribution in [0.25, 0.3) is 0 Å². The molecule has 1 N–H and O–H groups in total. The van der Waals surface area contributed by atoms with Crippen molar-refractivity contribution in [2.75, 3.05) is 37.6 Å². The number of rotatable bonds is 6. The third-order valence-corrected chi connectivity index (χ3v) is 5.68. The van der Waals surface area contributed by atoms with Crippen molar-refractivity contribution < 1.29 is 22.4 Å². The number of piperazine rings is 1. The predicted molar refractivity (Wildman–Crippen MR) is 115 cm³/mol. The van der Waals surface area contributed by atoms with Crippen molar-refractivity contribution in [1.82, 2.24) is 10.2 Å². The van der Waals surface area contributed by atoms with Gasteiger partial charge in [0.1, 0.15) is 5.76 Å². The minimum atomic E-state index is -4.43. The summed E-state index contributed by atoms with van der Waals surface area (Å²) in [6.45, 7) is 3.55. The fourth-order valence-electron chi connectivity index (χ4n) is 3.92. The highest BCUT2D eigenvalue weighted by Crippen LogP contribution is 2.29. The van der Waals surface area contributed by atoms with Gasteiger partial charge >= 0.3 is 6.18 Å². The lowest BCUT2D eigenvalue weighted by molar-refractivity contribution is -0.137. The summed E-state index contributed by atoms with van der Waals surface area (Å²) in [5.41, 5.74) is 0.584. The van der Waals surface area contributed by atoms with Gasteiger partial charge < -0.3 is 14.6 Å². The normalized spacial score (nSPS) is 16.0. The standard InChI is InChI=1S/C24H24F3N3O2/c25-24(26,27)19-10-8-18(9-11-19)23(31)28-17-21(22-7-4-16-32-22)30-14-12-29(13-15-30)20-5-2-1-3-6-20/h1-11,16,21H,12-15,17H2,(H,28,31). The number of nitrogens with one attached hydrogen (secondary N) is 1. The highest BCUT2D eigenvalue weighted by atomic mass is 19.4. The van der Waals surface area contributed by atoms with E-state index >= 15 is 0 Å². The van der Waals surface area contributed by atoms with Crippen molar-refractivity contribution in [3.8, 4) is 0 Å². The maximum absolute atomic E-state index is 12.8. The number of alkyl halides is 3. The number of hydrogen-bond donors (Lipinski definition) is 1. The Hall–Kier alpha value is -3.26. The number of amides is 1. The van der Waals surface area contributed by atoms with E-state index in [1.54, 1.807) is 12.3 Å². The topological polar surface area (TPSA) is 48.7 Å². The summed E-state index contributed by atoms with van der Waals surface area (Å²) in [5.74, 6) is 0.323. The van der Waals surface area contributed by atoms with Crippen LogP contribution in [-0.2, 0) is 6.18 Å². The first-order valence-electron chi connectivity index (χ1n) is 10.4. The van der Waals surface area contributed by atoms with Gasteiger partial charge in [-0.3, -0.25) is 9.69 Å². The fourth-order valence-corrected chi connectivity index (χ4v) is 3.92. The van der Waals surface area contributed by atoms with Crippen molar-refractivity contribution >= 4 is 11.6 Å². The van der Waals surface area contributed by atoms with Crippen LogP contribution in [0.4, 0.5) is 18.9 Å². The molecule has 0 saturated carbocycles. The van der Waals surface area contributed by atoms with Gasteiger partial charge in [0.2, 0.25) is 0 Å². The van der Waals surface area contributed by atoms with E-state index in [9.17, 15) is 18.0 Å². The maximum atomic E-state index is 12.8. The van der Waals surface area contributed by atoms with Crippen molar-refractivity contribution in [2.24, 2.45) is 0 Å². The Balaban J connectivity index is 1.39. The van der Waals surface area contributed by atoms with Crippen LogP contribution in [0.1, 0.15) is 27.7 Å². The van der Waals surface area contributed by atoms with Gasteiger partial charge in [-0.2, -0.15) is 13.2 Å². The third-order valence-electron chi connectivity index (χ3n) is 5.68. The quantitative estimate of drug-likeness (QED) is 0.605. The Morgan fingerprint density at radius 3 is 2.22 bits per heavy atom. The lowest BCUT2D eigenvalue weighted by Gasteiger charge is -2.39. The highest BCUT2D eigenvalue weighted by Gasteiger charge is 2.31. The predicted octanol–water partition coefficient (Wildman–Crippen LogP) is 4.59. The van der Waals surface area contributed by atoms with E-state index < -0.39 is 17.6 Å². The zero-order chi connectivity index (χ0) is 22.6. The number of halogens is 3. The van der Waals surface area contributed by atoms with Crippen LogP contribution in [-0.4, -0.2) is 43.5 Å². The molecule has 0 spiro atoms. The second-order valence-corrected chi connectivity index (χ2v) is 7.67. The molecular weight excluding hydrogens is 419 g/mol. The smallest absolute Gasteiger partial charge is 0.416 e. The summed E-state index contributed by atoms with van der Waals surface area (Å²) in [6.07, 6.45) is -2.83. The molecule has 1 saturated heterocycles. The average Bonchev–Trinajstić information content (AvgIpc) is 3.34. The minimum Gasteiger partial charge on any atom is -0.468 e. The molecule has 0 bridgehead atoms. The number of furan rings is 1. The molecule has 2 aromatic carbocycles. The third kappa shape index (κ3) is 5.13. The SMILES string of the molecule is O=C(NCC(c1ccco1)N1CCN(c2ccccc2)CC1)c1ccc(C(F)(F)F)cc1. The van der Waals surface area contributed by atoms with Crippen LogP contribution in [0, 0.1) is 0 Å². The summed E-state index contributed by atoms with van der Waals surface area (Å²) in [5, 5.41) is 2.85. The summed E-state index contributed by atoms with van der Waals surface area (Å²) in [6, 6.07) is 17.9. The first-order valence-corrected chi connectivity index (χ1v) is 10.4. The lowest BCUT2D eigenvalue weighted by Crippen LogP contribution is -2.49. The highest BCUT2D eigenvalue weighted by molar-refractivity contribution is 5.94. The molecule has 168 valence electrons. The fraction of sp³-hybridized carbons (Fsp3) is 0.292. The van der Waals surface area contributed by atoms with Crippen molar-refractivity contribution in [3.63, 3.8) is 0 Å². The maximum Gasteiger partial charge on any atom is 0.416 e. The molecule has 32 heavy (non-hydrogen) atoms. The molecule has 1 unspecified atom stereocenters. The van der Waals surface area contributed by atoms with Crippen molar-refractivity contribution in [3.05, 3.63) is 89.9 Å². The van der Waals surface area contributed by atoms with Crippen LogP contribution >= 0.6 is 0 Å². The zero-order valence-corrected chi connectivity index (χ0v) is 17.4. The largest absolute Gasteiger partial charge is 0.468 e. The van der Waals surface area contributed by atoms with Gasteiger partial charge in [0.25, 0.3) is 5.91 Å². The Kier molecular flexibility index (Phi) is 6.50. The molecule has 1 fully saturated rings. The van der Waals surface area contributed by atoms with Gasteiger partial charge in [0.15, 0.2) is 0 Å². The average molecular weight is 443 g/mol. The first kappa shape index (κ1) is 22.0. The minimum absolute atomic E-state index is 0.165. The Bertz CT molecular complexity index is 997. The molecule has 1 aliphatic rings. The molecule has 2 heterocycles. The molecule has 4 rings (SSSR count). The van der Waals surface area contributed by atoms with E-state index in [0.717, 1.165) is 44.1 Å². The number of carbonyl (C=O) groups is 1. The Morgan fingerprint density at radius 1 is 0.938 bits per heavy atom. The Labute approximate surface area is 184 Å². The van der Waals surface area contributed by atoms with Gasteiger partial charge in [-0.25, -0.2) is 0 Å². The van der Waals surface area contributed by atoms with E-state index in [1.807, 2.05) is 24.3 Å². The second kappa shape index (κ2) is 9.48. The molecule has 1 amide bonds. The molecule has 8 heteroatoms. The molecule has 1 aliphatic heterocycles. The van der Waals surface area contributed by atoms with E-state index in [1.165, 1.54) is 17.8 Å². The summed E-state index contributed by atoms with van der Waals surface area (Å²) < 4.78 is 43.9. The number of hydrogen-bond acceptors (Lipinski definition) is 4. The van der Waals surface area contributed by atoms with E-state index in [4.69, 9.17) is 4.42 Å². The first-order chi connectivity index (χ1) is 15.4. The summed E-state index contributed by atoms with van der Waals surface area (Å²) in [4.78, 5) is 17.1. The van der Waals surface area contributed by atoms with Crippen LogP contribution in [0.15, 0.2) is 77.4 Å². The second-order valence-electron chi connectivity index (χ2n) is 7.67. The van der Waals surface area contributed by atoms with Gasteiger partial charge in [-0.1, -0.05) is 18.2 Å². The summed E-state index contributed by atoms with van der Waals surface area (Å²) in [7, 11) is 0. The summed E-state index contributed by atoms with van der Waals surface area (Å²) >= 11 is 0. The number of nitrogens with zero attached hydrogens (tertiary/aromatic N) is 2. The zero-order valence-electron chi connectivity index (χ0n) is 17.4. The van der Waals surface area contributed by atoms with Crippen molar-refractivity contribution in [1.29, 1.82) is 0 Å².